The molecule has 0 radical (unpaired) electrons. The van der Waals surface area contributed by atoms with Crippen LogP contribution in [0.1, 0.15) is 29.5 Å². The highest BCUT2D eigenvalue weighted by Gasteiger charge is 2.11. The zero-order chi connectivity index (χ0) is 17.4. The van der Waals surface area contributed by atoms with E-state index in [1.54, 1.807) is 14.2 Å². The molecule has 2 aromatic carbocycles. The van der Waals surface area contributed by atoms with Crippen LogP contribution in [0.25, 0.3) is 5.57 Å². The molecule has 0 amide bonds. The topological polar surface area (TPSA) is 27.7 Å². The Balaban J connectivity index is 1.86. The number of aryl methyl sites for hydroxylation is 1. The second-order valence-electron chi connectivity index (χ2n) is 5.77. The smallest absolute Gasteiger partial charge is 0.126 e. The van der Waals surface area contributed by atoms with Crippen LogP contribution in [0.5, 0.6) is 11.5 Å². The van der Waals surface area contributed by atoms with Gasteiger partial charge in [0.05, 0.1) is 20.8 Å². The van der Waals surface area contributed by atoms with Gasteiger partial charge < -0.3 is 14.2 Å². The monoisotopic (exact) mass is 326 g/mol. The first kappa shape index (κ1) is 18.1. The van der Waals surface area contributed by atoms with E-state index in [0.717, 1.165) is 41.0 Å². The Morgan fingerprint density at radius 3 is 2.38 bits per heavy atom. The molecule has 0 bridgehead atoms. The summed E-state index contributed by atoms with van der Waals surface area (Å²) in [5.74, 6) is 1.69. The average Bonchev–Trinajstić information content (AvgIpc) is 2.61. The van der Waals surface area contributed by atoms with Crippen molar-refractivity contribution in [1.82, 2.24) is 0 Å². The van der Waals surface area contributed by atoms with Crippen molar-refractivity contribution in [3.8, 4) is 11.5 Å². The van der Waals surface area contributed by atoms with Gasteiger partial charge in [0.2, 0.25) is 0 Å². The van der Waals surface area contributed by atoms with E-state index in [9.17, 15) is 0 Å². The fourth-order valence-electron chi connectivity index (χ4n) is 2.61. The van der Waals surface area contributed by atoms with Gasteiger partial charge in [-0.2, -0.15) is 0 Å². The van der Waals surface area contributed by atoms with Crippen LogP contribution in [0, 0.1) is 6.92 Å². The molecule has 0 saturated heterocycles. The quantitative estimate of drug-likeness (QED) is 0.605. The molecule has 3 heteroatoms. The summed E-state index contributed by atoms with van der Waals surface area (Å²) in [6.45, 7) is 7.56. The minimum absolute atomic E-state index is 0.648. The van der Waals surface area contributed by atoms with E-state index in [2.05, 4.69) is 18.7 Å². The molecule has 128 valence electrons. The highest BCUT2D eigenvalue weighted by atomic mass is 16.5. The molecule has 24 heavy (non-hydrogen) atoms. The van der Waals surface area contributed by atoms with Crippen molar-refractivity contribution in [2.24, 2.45) is 0 Å². The molecule has 0 aliphatic heterocycles. The fourth-order valence-corrected chi connectivity index (χ4v) is 2.61. The summed E-state index contributed by atoms with van der Waals surface area (Å²) >= 11 is 0. The highest BCUT2D eigenvalue weighted by molar-refractivity contribution is 5.71. The van der Waals surface area contributed by atoms with Crippen molar-refractivity contribution in [3.05, 3.63) is 65.7 Å². The Labute approximate surface area is 144 Å². The van der Waals surface area contributed by atoms with Crippen LogP contribution < -0.4 is 9.47 Å². The molecule has 0 aliphatic carbocycles. The van der Waals surface area contributed by atoms with Crippen molar-refractivity contribution in [2.45, 2.75) is 26.4 Å². The van der Waals surface area contributed by atoms with E-state index < -0.39 is 0 Å². The second kappa shape index (κ2) is 9.14. The first-order chi connectivity index (χ1) is 11.7. The minimum atomic E-state index is 0.648. The molecule has 0 unspecified atom stereocenters. The molecule has 2 aromatic rings. The Hall–Kier alpha value is -2.26. The predicted octanol–water partition coefficient (Wildman–Crippen LogP) is 5.02. The van der Waals surface area contributed by atoms with Gasteiger partial charge in [-0.1, -0.05) is 36.9 Å². The Kier molecular flexibility index (Phi) is 6.89. The SMILES string of the molecule is C=C(CCCOCc1ccccc1)c1cc(OC)c(C)cc1OC. The van der Waals surface area contributed by atoms with Crippen molar-refractivity contribution >= 4 is 5.57 Å². The van der Waals surface area contributed by atoms with E-state index in [-0.39, 0.29) is 0 Å². The van der Waals surface area contributed by atoms with Crippen LogP contribution in [-0.2, 0) is 11.3 Å². The van der Waals surface area contributed by atoms with Crippen molar-refractivity contribution in [1.29, 1.82) is 0 Å². The average molecular weight is 326 g/mol. The van der Waals surface area contributed by atoms with Crippen LogP contribution in [0.3, 0.4) is 0 Å². The summed E-state index contributed by atoms with van der Waals surface area (Å²) in [5.41, 5.74) is 4.29. The maximum absolute atomic E-state index is 5.73. The summed E-state index contributed by atoms with van der Waals surface area (Å²) in [6, 6.07) is 14.2. The van der Waals surface area contributed by atoms with Crippen LogP contribution in [0.2, 0.25) is 0 Å². The first-order valence-electron chi connectivity index (χ1n) is 8.18. The molecule has 0 saturated carbocycles. The number of hydrogen-bond donors (Lipinski definition) is 0. The van der Waals surface area contributed by atoms with Gasteiger partial charge in [0.1, 0.15) is 11.5 Å². The second-order valence-corrected chi connectivity index (χ2v) is 5.77. The van der Waals surface area contributed by atoms with E-state index >= 15 is 0 Å². The standard InChI is InChI=1S/C21H26O3/c1-16(9-8-12-24-15-18-10-6-5-7-11-18)19-14-20(22-3)17(2)13-21(19)23-4/h5-7,10-11,13-14H,1,8-9,12,15H2,2-4H3. The lowest BCUT2D eigenvalue weighted by molar-refractivity contribution is 0.119. The number of allylic oxidation sites excluding steroid dienone is 1. The molecule has 0 fully saturated rings. The molecule has 0 N–H and O–H groups in total. The number of benzene rings is 2. The predicted molar refractivity (Wildman–Crippen MR) is 98.6 cm³/mol. The summed E-state index contributed by atoms with van der Waals surface area (Å²) in [6.07, 6.45) is 1.78. The Morgan fingerprint density at radius 1 is 1.00 bits per heavy atom. The zero-order valence-corrected chi connectivity index (χ0v) is 14.8. The maximum atomic E-state index is 5.73. The maximum Gasteiger partial charge on any atom is 0.126 e. The van der Waals surface area contributed by atoms with E-state index in [1.807, 2.05) is 37.3 Å². The third kappa shape index (κ3) is 4.87. The fraction of sp³-hybridized carbons (Fsp3) is 0.333. The number of rotatable bonds is 9. The van der Waals surface area contributed by atoms with Gasteiger partial charge >= 0.3 is 0 Å². The lowest BCUT2D eigenvalue weighted by Crippen LogP contribution is -1.98. The van der Waals surface area contributed by atoms with Gasteiger partial charge in [-0.05, 0) is 48.6 Å². The number of methoxy groups -OCH3 is 2. The van der Waals surface area contributed by atoms with Crippen LogP contribution in [0.4, 0.5) is 0 Å². The van der Waals surface area contributed by atoms with Gasteiger partial charge in [-0.25, -0.2) is 0 Å². The van der Waals surface area contributed by atoms with Crippen LogP contribution >= 0.6 is 0 Å². The Bertz CT molecular complexity index is 662. The molecule has 0 aliphatic rings. The summed E-state index contributed by atoms with van der Waals surface area (Å²) in [7, 11) is 3.36. The molecular formula is C21H26O3. The summed E-state index contributed by atoms with van der Waals surface area (Å²) in [5, 5.41) is 0. The molecule has 2 rings (SSSR count). The van der Waals surface area contributed by atoms with E-state index in [1.165, 1.54) is 5.56 Å². The minimum Gasteiger partial charge on any atom is -0.496 e. The van der Waals surface area contributed by atoms with Gasteiger partial charge in [0.15, 0.2) is 0 Å². The lowest BCUT2D eigenvalue weighted by Gasteiger charge is -2.15. The van der Waals surface area contributed by atoms with Crippen molar-refractivity contribution in [3.63, 3.8) is 0 Å². The third-order valence-corrected chi connectivity index (χ3v) is 3.98. The van der Waals surface area contributed by atoms with Crippen molar-refractivity contribution < 1.29 is 14.2 Å². The van der Waals surface area contributed by atoms with E-state index in [4.69, 9.17) is 14.2 Å². The third-order valence-electron chi connectivity index (χ3n) is 3.98. The molecule has 0 heterocycles. The lowest BCUT2D eigenvalue weighted by atomic mass is 10.00. The molecule has 0 spiro atoms. The largest absolute Gasteiger partial charge is 0.496 e. The Morgan fingerprint density at radius 2 is 1.71 bits per heavy atom. The van der Waals surface area contributed by atoms with Gasteiger partial charge in [-0.15, -0.1) is 0 Å². The summed E-state index contributed by atoms with van der Waals surface area (Å²) in [4.78, 5) is 0. The number of ether oxygens (including phenoxy) is 3. The normalized spacial score (nSPS) is 10.5. The highest BCUT2D eigenvalue weighted by Crippen LogP contribution is 2.34. The van der Waals surface area contributed by atoms with Gasteiger partial charge in [0, 0.05) is 12.2 Å². The van der Waals surface area contributed by atoms with Gasteiger partial charge in [0.25, 0.3) is 0 Å². The number of hydrogen-bond acceptors (Lipinski definition) is 3. The van der Waals surface area contributed by atoms with Crippen molar-refractivity contribution in [2.75, 3.05) is 20.8 Å². The molecular weight excluding hydrogens is 300 g/mol. The van der Waals surface area contributed by atoms with E-state index in [0.29, 0.717) is 13.2 Å². The molecule has 3 nitrogen and oxygen atoms in total. The molecule has 0 atom stereocenters. The zero-order valence-electron chi connectivity index (χ0n) is 14.8. The van der Waals surface area contributed by atoms with Crippen LogP contribution in [0.15, 0.2) is 49.0 Å². The summed E-state index contributed by atoms with van der Waals surface area (Å²) < 4.78 is 16.6. The molecule has 0 aromatic heterocycles. The first-order valence-corrected chi connectivity index (χ1v) is 8.18. The van der Waals surface area contributed by atoms with Gasteiger partial charge in [-0.3, -0.25) is 0 Å². The van der Waals surface area contributed by atoms with Crippen LogP contribution in [-0.4, -0.2) is 20.8 Å².